The molecule has 0 unspecified atom stereocenters. The molecule has 2 N–H and O–H groups in total. The van der Waals surface area contributed by atoms with Gasteiger partial charge in [-0.15, -0.1) is 0 Å². The molecule has 6 heteroatoms. The molecule has 144 valence electrons. The lowest BCUT2D eigenvalue weighted by Crippen LogP contribution is -2.44. The fourth-order valence-corrected chi connectivity index (χ4v) is 4.13. The topological polar surface area (TPSA) is 94.9 Å². The summed E-state index contributed by atoms with van der Waals surface area (Å²) >= 11 is 0. The van der Waals surface area contributed by atoms with Crippen molar-refractivity contribution in [2.24, 2.45) is 0 Å². The lowest BCUT2D eigenvalue weighted by Gasteiger charge is -2.30. The molecule has 6 nitrogen and oxygen atoms in total. The van der Waals surface area contributed by atoms with E-state index in [2.05, 4.69) is 0 Å². The average molecular weight is 387 g/mol. The van der Waals surface area contributed by atoms with Gasteiger partial charge in [-0.05, 0) is 23.3 Å². The highest BCUT2D eigenvalue weighted by Crippen LogP contribution is 2.51. The molecule has 1 aliphatic heterocycles. The van der Waals surface area contributed by atoms with Crippen LogP contribution >= 0.6 is 0 Å². The summed E-state index contributed by atoms with van der Waals surface area (Å²) in [7, 11) is 0. The van der Waals surface area contributed by atoms with Gasteiger partial charge >= 0.3 is 11.9 Å². The minimum atomic E-state index is -1.46. The number of benzene rings is 3. The number of carbonyl (C=O) groups excluding carboxylic acids is 1. The van der Waals surface area contributed by atoms with E-state index in [-0.39, 0.29) is 11.1 Å². The summed E-state index contributed by atoms with van der Waals surface area (Å²) in [4.78, 5) is 38.6. The zero-order chi connectivity index (χ0) is 20.6. The number of aromatic carboxylic acids is 1. The van der Waals surface area contributed by atoms with Crippen LogP contribution in [-0.2, 0) is 15.0 Å². The number of rotatable bonds is 5. The van der Waals surface area contributed by atoms with Crippen molar-refractivity contribution < 1.29 is 24.6 Å². The number of aliphatic carboxylic acids is 1. The van der Waals surface area contributed by atoms with Gasteiger partial charge < -0.3 is 10.2 Å². The summed E-state index contributed by atoms with van der Waals surface area (Å²) in [6.07, 6.45) is 0. The van der Waals surface area contributed by atoms with E-state index >= 15 is 0 Å². The number of fused-ring (bicyclic) bond motifs is 1. The second-order valence-corrected chi connectivity index (χ2v) is 6.77. The molecule has 0 fully saturated rings. The molecule has 29 heavy (non-hydrogen) atoms. The first-order chi connectivity index (χ1) is 14.0. The highest BCUT2D eigenvalue weighted by Gasteiger charge is 2.55. The normalized spacial score (nSPS) is 14.5. The Hall–Kier alpha value is -3.93. The number of anilines is 1. The first-order valence-electron chi connectivity index (χ1n) is 8.99. The fraction of sp³-hybridized carbons (Fsp3) is 0.0870. The van der Waals surface area contributed by atoms with Crippen LogP contribution in [0.2, 0.25) is 0 Å². The average Bonchev–Trinajstić information content (AvgIpc) is 2.98. The molecule has 0 radical (unpaired) electrons. The summed E-state index contributed by atoms with van der Waals surface area (Å²) in [5.74, 6) is -2.84. The summed E-state index contributed by atoms with van der Waals surface area (Å²) in [5.41, 5.74) is 0.262. The predicted molar refractivity (Wildman–Crippen MR) is 106 cm³/mol. The van der Waals surface area contributed by atoms with Crippen molar-refractivity contribution in [2.75, 3.05) is 11.4 Å². The van der Waals surface area contributed by atoms with E-state index in [9.17, 15) is 24.6 Å². The van der Waals surface area contributed by atoms with Crippen molar-refractivity contribution in [3.05, 3.63) is 101 Å². The van der Waals surface area contributed by atoms with Crippen molar-refractivity contribution in [1.82, 2.24) is 0 Å². The largest absolute Gasteiger partial charge is 0.480 e. The van der Waals surface area contributed by atoms with Crippen molar-refractivity contribution in [2.45, 2.75) is 5.41 Å². The molecule has 3 aromatic rings. The zero-order valence-electron chi connectivity index (χ0n) is 15.3. The van der Waals surface area contributed by atoms with Crippen molar-refractivity contribution in [3.63, 3.8) is 0 Å². The Morgan fingerprint density at radius 3 is 1.83 bits per heavy atom. The van der Waals surface area contributed by atoms with Crippen molar-refractivity contribution >= 4 is 23.5 Å². The zero-order valence-corrected chi connectivity index (χ0v) is 15.3. The molecule has 0 spiro atoms. The van der Waals surface area contributed by atoms with E-state index in [1.165, 1.54) is 12.1 Å². The van der Waals surface area contributed by atoms with Crippen LogP contribution in [0.15, 0.2) is 78.9 Å². The second-order valence-electron chi connectivity index (χ2n) is 6.77. The van der Waals surface area contributed by atoms with Gasteiger partial charge in [-0.2, -0.15) is 0 Å². The Labute approximate surface area is 166 Å². The number of carboxylic acids is 2. The van der Waals surface area contributed by atoms with Gasteiger partial charge in [0.1, 0.15) is 12.0 Å². The maximum Gasteiger partial charge on any atom is 0.336 e. The third-order valence-electron chi connectivity index (χ3n) is 5.21. The molecule has 1 heterocycles. The number of hydrogen-bond donors (Lipinski definition) is 2. The molecule has 1 amide bonds. The molecule has 0 saturated carbocycles. The summed E-state index contributed by atoms with van der Waals surface area (Å²) in [6.45, 7) is -0.559. The highest BCUT2D eigenvalue weighted by atomic mass is 16.4. The lowest BCUT2D eigenvalue weighted by atomic mass is 9.69. The third-order valence-corrected chi connectivity index (χ3v) is 5.21. The summed E-state index contributed by atoms with van der Waals surface area (Å²) in [5, 5.41) is 19.3. The molecule has 0 bridgehead atoms. The number of carbonyl (C=O) groups is 3. The molecule has 3 aromatic carbocycles. The van der Waals surface area contributed by atoms with Crippen LogP contribution in [0, 0.1) is 0 Å². The minimum absolute atomic E-state index is 0.0311. The van der Waals surface area contributed by atoms with Crippen LogP contribution in [0.4, 0.5) is 5.69 Å². The number of carboxylic acid groups (broad SMARTS) is 2. The van der Waals surface area contributed by atoms with E-state index in [0.29, 0.717) is 16.8 Å². The molecule has 0 saturated heterocycles. The highest BCUT2D eigenvalue weighted by molar-refractivity contribution is 6.17. The van der Waals surface area contributed by atoms with Gasteiger partial charge in [-0.3, -0.25) is 14.5 Å². The van der Waals surface area contributed by atoms with Crippen molar-refractivity contribution in [1.29, 1.82) is 0 Å². The van der Waals surface area contributed by atoms with Gasteiger partial charge in [0.05, 0.1) is 11.3 Å². The van der Waals surface area contributed by atoms with Crippen LogP contribution in [0.25, 0.3) is 0 Å². The van der Waals surface area contributed by atoms with E-state index in [1.54, 1.807) is 66.7 Å². The lowest BCUT2D eigenvalue weighted by molar-refractivity contribution is -0.136. The van der Waals surface area contributed by atoms with E-state index in [4.69, 9.17) is 0 Å². The van der Waals surface area contributed by atoms with Crippen molar-refractivity contribution in [3.8, 4) is 0 Å². The van der Waals surface area contributed by atoms with Gasteiger partial charge in [-0.1, -0.05) is 66.7 Å². The van der Waals surface area contributed by atoms with E-state index in [0.717, 1.165) is 4.90 Å². The van der Waals surface area contributed by atoms with Crippen LogP contribution in [0.1, 0.15) is 27.0 Å². The Kier molecular flexibility index (Phi) is 4.39. The Balaban J connectivity index is 2.16. The predicted octanol–water partition coefficient (Wildman–Crippen LogP) is 3.15. The number of hydrogen-bond acceptors (Lipinski definition) is 3. The summed E-state index contributed by atoms with van der Waals surface area (Å²) in [6, 6.07) is 22.3. The van der Waals surface area contributed by atoms with Gasteiger partial charge in [0.25, 0.3) is 0 Å². The Morgan fingerprint density at radius 1 is 0.793 bits per heavy atom. The van der Waals surface area contributed by atoms with Crippen LogP contribution in [0.3, 0.4) is 0 Å². The first kappa shape index (κ1) is 18.4. The van der Waals surface area contributed by atoms with Gasteiger partial charge in [-0.25, -0.2) is 4.79 Å². The minimum Gasteiger partial charge on any atom is -0.480 e. The second kappa shape index (κ2) is 6.91. The molecular formula is C23H17NO5. The van der Waals surface area contributed by atoms with E-state index in [1.807, 2.05) is 0 Å². The fourth-order valence-electron chi connectivity index (χ4n) is 4.13. The van der Waals surface area contributed by atoms with Gasteiger partial charge in [0.15, 0.2) is 0 Å². The standard InChI is InChI=1S/C23H17NO5/c25-19(26)14-24-18-13-7-12-17(21(27)28)20(18)23(22(24)29,15-8-3-1-4-9-15)16-10-5-2-6-11-16/h1-13H,14H2,(H,25,26)(H,27,28). The molecule has 4 rings (SSSR count). The molecule has 0 atom stereocenters. The molecular weight excluding hydrogens is 370 g/mol. The van der Waals surface area contributed by atoms with E-state index < -0.39 is 29.8 Å². The van der Waals surface area contributed by atoms with Crippen LogP contribution in [-0.4, -0.2) is 34.6 Å². The SMILES string of the molecule is O=C(O)CN1C(=O)C(c2ccccc2)(c2ccccc2)c2c(C(=O)O)cccc21. The maximum absolute atomic E-state index is 13.9. The van der Waals surface area contributed by atoms with Gasteiger partial charge in [0, 0.05) is 5.56 Å². The monoisotopic (exact) mass is 387 g/mol. The van der Waals surface area contributed by atoms with Crippen LogP contribution < -0.4 is 4.90 Å². The summed E-state index contributed by atoms with van der Waals surface area (Å²) < 4.78 is 0. The number of amides is 1. The third kappa shape index (κ3) is 2.69. The van der Waals surface area contributed by atoms with Gasteiger partial charge in [0.2, 0.25) is 5.91 Å². The van der Waals surface area contributed by atoms with Crippen LogP contribution in [0.5, 0.6) is 0 Å². The first-order valence-corrected chi connectivity index (χ1v) is 8.99. The molecule has 0 aliphatic carbocycles. The maximum atomic E-state index is 13.9. The number of nitrogens with zero attached hydrogens (tertiary/aromatic N) is 1. The Morgan fingerprint density at radius 2 is 1.34 bits per heavy atom. The molecule has 0 aromatic heterocycles. The Bertz CT molecular complexity index is 1070. The molecule has 1 aliphatic rings. The quantitative estimate of drug-likeness (QED) is 0.701. The smallest absolute Gasteiger partial charge is 0.336 e.